The minimum Gasteiger partial charge on any atom is -0.457 e. The van der Waals surface area contributed by atoms with Crippen molar-refractivity contribution in [3.05, 3.63) is 76.0 Å². The van der Waals surface area contributed by atoms with E-state index in [0.29, 0.717) is 22.2 Å². The van der Waals surface area contributed by atoms with Crippen molar-refractivity contribution in [2.24, 2.45) is 5.92 Å². The number of carbonyl (C=O) groups is 2. The van der Waals surface area contributed by atoms with Gasteiger partial charge in [0.2, 0.25) is 0 Å². The van der Waals surface area contributed by atoms with Crippen molar-refractivity contribution in [3.8, 4) is 11.5 Å². The van der Waals surface area contributed by atoms with E-state index in [2.05, 4.69) is 12.2 Å². The topological polar surface area (TPSA) is 64.6 Å². The van der Waals surface area contributed by atoms with Gasteiger partial charge >= 0.3 is 5.97 Å². The van der Waals surface area contributed by atoms with Crippen molar-refractivity contribution in [3.63, 3.8) is 0 Å². The van der Waals surface area contributed by atoms with Crippen LogP contribution in [-0.4, -0.2) is 18.5 Å². The first-order valence-electron chi connectivity index (χ1n) is 9.98. The molecule has 5 nitrogen and oxygen atoms in total. The molecule has 1 N–H and O–H groups in total. The summed E-state index contributed by atoms with van der Waals surface area (Å²) in [6, 6.07) is 18.4. The van der Waals surface area contributed by atoms with Crippen LogP contribution in [0.5, 0.6) is 11.5 Å². The summed E-state index contributed by atoms with van der Waals surface area (Å²) >= 11 is 1.48. The Kier molecular flexibility index (Phi) is 6.14. The average Bonchev–Trinajstić information content (AvgIpc) is 3.17. The molecule has 4 rings (SSSR count). The molecule has 0 unspecified atom stereocenters. The maximum absolute atomic E-state index is 12.3. The molecule has 0 spiro atoms. The van der Waals surface area contributed by atoms with Crippen LogP contribution in [0.4, 0.5) is 5.69 Å². The number of hydrogen-bond acceptors (Lipinski definition) is 5. The van der Waals surface area contributed by atoms with Gasteiger partial charge in [-0.25, -0.2) is 4.79 Å². The van der Waals surface area contributed by atoms with Gasteiger partial charge in [0.15, 0.2) is 6.61 Å². The first-order chi connectivity index (χ1) is 14.6. The molecule has 1 aliphatic carbocycles. The fourth-order valence-corrected chi connectivity index (χ4v) is 4.54. The van der Waals surface area contributed by atoms with Crippen molar-refractivity contribution >= 4 is 28.9 Å². The largest absolute Gasteiger partial charge is 0.457 e. The Labute approximate surface area is 179 Å². The number of esters is 1. The van der Waals surface area contributed by atoms with Crippen molar-refractivity contribution in [1.29, 1.82) is 0 Å². The number of carbonyl (C=O) groups excluding carboxylic acids is 2. The van der Waals surface area contributed by atoms with E-state index >= 15 is 0 Å². The molecule has 0 radical (unpaired) electrons. The number of thiophene rings is 1. The second-order valence-corrected chi connectivity index (χ2v) is 8.61. The molecule has 0 saturated carbocycles. The lowest BCUT2D eigenvalue weighted by Gasteiger charge is -2.16. The van der Waals surface area contributed by atoms with Gasteiger partial charge in [0.05, 0.1) is 0 Å². The summed E-state index contributed by atoms with van der Waals surface area (Å²) in [5.41, 5.74) is 1.85. The molecule has 0 saturated heterocycles. The third-order valence-corrected chi connectivity index (χ3v) is 6.20. The Morgan fingerprint density at radius 1 is 1.07 bits per heavy atom. The van der Waals surface area contributed by atoms with E-state index < -0.39 is 5.97 Å². The van der Waals surface area contributed by atoms with Crippen LogP contribution >= 0.6 is 11.3 Å². The quantitative estimate of drug-likeness (QED) is 0.537. The van der Waals surface area contributed by atoms with Crippen molar-refractivity contribution in [1.82, 2.24) is 0 Å². The first-order valence-corrected chi connectivity index (χ1v) is 10.8. The Balaban J connectivity index is 1.27. The number of anilines is 1. The number of aryl methyl sites for hydroxylation is 1. The number of para-hydroxylation sites is 1. The molecule has 1 heterocycles. The number of fused-ring (bicyclic) bond motifs is 1. The van der Waals surface area contributed by atoms with Crippen LogP contribution in [-0.2, 0) is 22.4 Å². The average molecular weight is 422 g/mol. The van der Waals surface area contributed by atoms with Crippen molar-refractivity contribution in [2.75, 3.05) is 11.9 Å². The van der Waals surface area contributed by atoms with Gasteiger partial charge in [0, 0.05) is 10.6 Å². The molecule has 1 aliphatic rings. The number of nitrogens with one attached hydrogen (secondary N) is 1. The zero-order chi connectivity index (χ0) is 20.9. The van der Waals surface area contributed by atoms with E-state index in [0.717, 1.165) is 25.0 Å². The number of hydrogen-bond donors (Lipinski definition) is 1. The standard InChI is InChI=1S/C24H23NO4S/c1-16-7-12-21-17(13-16)14-22(30-21)24(27)28-15-23(26)25-18-8-10-20(11-9-18)29-19-5-3-2-4-6-19/h2-6,8-11,14,16H,7,12-13,15H2,1H3,(H,25,26)/t16-/m1/s1. The molecule has 3 aromatic rings. The minimum absolute atomic E-state index is 0.319. The molecule has 0 fully saturated rings. The minimum atomic E-state index is -0.441. The lowest BCUT2D eigenvalue weighted by molar-refractivity contribution is -0.119. The highest BCUT2D eigenvalue weighted by Crippen LogP contribution is 2.32. The second-order valence-electron chi connectivity index (χ2n) is 7.47. The number of ether oxygens (including phenoxy) is 2. The molecule has 1 aromatic heterocycles. The highest BCUT2D eigenvalue weighted by atomic mass is 32.1. The van der Waals surface area contributed by atoms with Crippen molar-refractivity contribution < 1.29 is 19.1 Å². The Bertz CT molecular complexity index is 1030. The molecule has 2 aromatic carbocycles. The van der Waals surface area contributed by atoms with Crippen LogP contribution in [0.25, 0.3) is 0 Å². The molecular formula is C24H23NO4S. The summed E-state index contributed by atoms with van der Waals surface area (Å²) in [5.74, 6) is 1.23. The first kappa shape index (κ1) is 20.2. The van der Waals surface area contributed by atoms with Crippen LogP contribution in [0.2, 0.25) is 0 Å². The van der Waals surface area contributed by atoms with Crippen LogP contribution in [0.3, 0.4) is 0 Å². The highest BCUT2D eigenvalue weighted by molar-refractivity contribution is 7.14. The summed E-state index contributed by atoms with van der Waals surface area (Å²) in [4.78, 5) is 26.3. The van der Waals surface area contributed by atoms with E-state index in [1.165, 1.54) is 21.8 Å². The smallest absolute Gasteiger partial charge is 0.348 e. The lowest BCUT2D eigenvalue weighted by atomic mass is 9.90. The number of amides is 1. The Hall–Kier alpha value is -3.12. The SMILES string of the molecule is C[C@@H]1CCc2sc(C(=O)OCC(=O)Nc3ccc(Oc4ccccc4)cc3)cc2C1. The van der Waals surface area contributed by atoms with Crippen LogP contribution in [0.15, 0.2) is 60.7 Å². The van der Waals surface area contributed by atoms with Gasteiger partial charge in [-0.3, -0.25) is 4.79 Å². The van der Waals surface area contributed by atoms with Gasteiger partial charge in [0.1, 0.15) is 16.4 Å². The maximum Gasteiger partial charge on any atom is 0.348 e. The lowest BCUT2D eigenvalue weighted by Crippen LogP contribution is -2.20. The zero-order valence-electron chi connectivity index (χ0n) is 16.7. The van der Waals surface area contributed by atoms with Gasteiger partial charge < -0.3 is 14.8 Å². The fraction of sp³-hybridized carbons (Fsp3) is 0.250. The van der Waals surface area contributed by atoms with Crippen LogP contribution < -0.4 is 10.1 Å². The predicted molar refractivity (Wildman–Crippen MR) is 117 cm³/mol. The highest BCUT2D eigenvalue weighted by Gasteiger charge is 2.21. The Morgan fingerprint density at radius 2 is 1.80 bits per heavy atom. The summed E-state index contributed by atoms with van der Waals surface area (Å²) in [6.45, 7) is 1.91. The fourth-order valence-electron chi connectivity index (χ4n) is 3.44. The molecule has 0 bridgehead atoms. The molecule has 0 aliphatic heterocycles. The van der Waals surface area contributed by atoms with Crippen LogP contribution in [0, 0.1) is 5.92 Å². The van der Waals surface area contributed by atoms with Gasteiger partial charge in [-0.1, -0.05) is 25.1 Å². The molecule has 1 amide bonds. The number of benzene rings is 2. The van der Waals surface area contributed by atoms with Gasteiger partial charge in [-0.15, -0.1) is 11.3 Å². The molecule has 1 atom stereocenters. The molecule has 6 heteroatoms. The molecule has 30 heavy (non-hydrogen) atoms. The summed E-state index contributed by atoms with van der Waals surface area (Å²) in [5, 5.41) is 2.73. The normalized spacial score (nSPS) is 15.2. The third-order valence-electron chi connectivity index (χ3n) is 4.98. The number of rotatable bonds is 6. The summed E-state index contributed by atoms with van der Waals surface area (Å²) < 4.78 is 10.9. The summed E-state index contributed by atoms with van der Waals surface area (Å²) in [6.07, 6.45) is 3.17. The third kappa shape index (κ3) is 5.07. The van der Waals surface area contributed by atoms with Crippen molar-refractivity contribution in [2.45, 2.75) is 26.2 Å². The van der Waals surface area contributed by atoms with E-state index in [-0.39, 0.29) is 12.5 Å². The van der Waals surface area contributed by atoms with Gasteiger partial charge in [-0.05, 0) is 73.2 Å². The predicted octanol–water partition coefficient (Wildman–Crippen LogP) is 5.46. The molecule has 154 valence electrons. The maximum atomic E-state index is 12.3. The van der Waals surface area contributed by atoms with Crippen LogP contribution in [0.1, 0.15) is 33.5 Å². The van der Waals surface area contributed by atoms with E-state index in [9.17, 15) is 9.59 Å². The molecular weight excluding hydrogens is 398 g/mol. The van der Waals surface area contributed by atoms with E-state index in [4.69, 9.17) is 9.47 Å². The van der Waals surface area contributed by atoms with E-state index in [1.54, 1.807) is 24.3 Å². The van der Waals surface area contributed by atoms with E-state index in [1.807, 2.05) is 36.4 Å². The summed E-state index contributed by atoms with van der Waals surface area (Å²) in [7, 11) is 0. The van der Waals surface area contributed by atoms with Gasteiger partial charge in [-0.2, -0.15) is 0 Å². The van der Waals surface area contributed by atoms with Gasteiger partial charge in [0.25, 0.3) is 5.91 Å². The zero-order valence-corrected chi connectivity index (χ0v) is 17.5. The second kappa shape index (κ2) is 9.13. The Morgan fingerprint density at radius 3 is 2.57 bits per heavy atom. The monoisotopic (exact) mass is 421 g/mol.